The molecule has 2 aliphatic carbocycles. The van der Waals surface area contributed by atoms with Crippen LogP contribution in [0.5, 0.6) is 5.75 Å². The highest BCUT2D eigenvalue weighted by atomic mass is 79.9. The van der Waals surface area contributed by atoms with E-state index in [1.807, 2.05) is 30.3 Å². The number of halogens is 4. The number of alkyl halides is 3. The van der Waals surface area contributed by atoms with Gasteiger partial charge in [0.05, 0.1) is 23.0 Å². The molecule has 2 aliphatic heterocycles. The first-order valence-corrected chi connectivity index (χ1v) is 17.5. The summed E-state index contributed by atoms with van der Waals surface area (Å²) in [6.07, 6.45) is 1.89. The molecule has 4 amide bonds. The summed E-state index contributed by atoms with van der Waals surface area (Å²) in [6, 6.07) is 19.0. The molecule has 3 aromatic carbocycles. The van der Waals surface area contributed by atoms with Crippen LogP contribution in [-0.4, -0.2) is 53.8 Å². The fraction of sp³-hybridized carbons (Fsp3) is 0.265. The zero-order valence-corrected chi connectivity index (χ0v) is 28.9. The molecule has 3 fully saturated rings. The summed E-state index contributed by atoms with van der Waals surface area (Å²) in [5.41, 5.74) is 3.17. The predicted molar refractivity (Wildman–Crippen MR) is 181 cm³/mol. The molecule has 1 aromatic heterocycles. The molecule has 9 nitrogen and oxygen atoms in total. The highest BCUT2D eigenvalue weighted by Crippen LogP contribution is 2.66. The third kappa shape index (κ3) is 4.15. The van der Waals surface area contributed by atoms with Gasteiger partial charge in [-0.15, -0.1) is 23.2 Å². The van der Waals surface area contributed by atoms with Crippen molar-refractivity contribution in [3.8, 4) is 17.2 Å². The Morgan fingerprint density at radius 2 is 1.70 bits per heavy atom. The van der Waals surface area contributed by atoms with Crippen molar-refractivity contribution in [3.63, 3.8) is 0 Å². The van der Waals surface area contributed by atoms with Gasteiger partial charge in [-0.05, 0) is 73.4 Å². The molecular formula is C34H23Br2Cl2N3O6. The first-order valence-electron chi connectivity index (χ1n) is 14.8. The highest BCUT2D eigenvalue weighted by Gasteiger charge is 2.76. The zero-order chi connectivity index (χ0) is 33.0. The number of hydrogen-bond donors (Lipinski definition) is 1. The minimum atomic E-state index is -2.00. The van der Waals surface area contributed by atoms with E-state index in [-0.39, 0.29) is 35.5 Å². The van der Waals surface area contributed by atoms with Gasteiger partial charge in [-0.3, -0.25) is 29.0 Å². The lowest BCUT2D eigenvalue weighted by molar-refractivity contribution is -0.138. The monoisotopic (exact) mass is 797 g/mol. The first kappa shape index (κ1) is 30.8. The van der Waals surface area contributed by atoms with Crippen LogP contribution in [0.4, 0.5) is 5.69 Å². The number of fused-ring (bicyclic) bond motifs is 5. The number of imide groups is 2. The van der Waals surface area contributed by atoms with Crippen molar-refractivity contribution in [2.24, 2.45) is 17.8 Å². The second kappa shape index (κ2) is 10.7. The van der Waals surface area contributed by atoms with Crippen LogP contribution >= 0.6 is 55.1 Å². The number of likely N-dealkylation sites (tertiary alicyclic amines) is 1. The lowest BCUT2D eigenvalue weighted by Crippen LogP contribution is -2.60. The minimum Gasteiger partial charge on any atom is -0.508 e. The van der Waals surface area contributed by atoms with Crippen LogP contribution in [0.15, 0.2) is 87.3 Å². The van der Waals surface area contributed by atoms with Crippen LogP contribution in [0.25, 0.3) is 22.6 Å². The van der Waals surface area contributed by atoms with Gasteiger partial charge in [-0.25, -0.2) is 4.98 Å². The van der Waals surface area contributed by atoms with Gasteiger partial charge in [0, 0.05) is 21.5 Å². The van der Waals surface area contributed by atoms with Crippen LogP contribution in [0.2, 0.25) is 0 Å². The predicted octanol–water partition coefficient (Wildman–Crippen LogP) is 6.88. The number of oxazole rings is 1. The second-order valence-corrected chi connectivity index (χ2v) is 14.9. The van der Waals surface area contributed by atoms with E-state index in [0.29, 0.717) is 38.3 Å². The molecule has 6 atom stereocenters. The Morgan fingerprint density at radius 1 is 0.957 bits per heavy atom. The average molecular weight is 800 g/mol. The lowest BCUT2D eigenvalue weighted by atomic mass is 9.56. The normalized spacial score (nSPS) is 30.1. The standard InChI is InChI=1S/C34H23Br2Cl2N3O6/c35-15-40-31(45)33(37)14-22-19(27(34(33,38)32(40)46)21-13-17(36)7-12-24(21)42)10-11-20-26(22)30(44)41(29(20)43)18-8-5-16(6-9-18)28-39-23-3-1-2-4-25(23)47-28/h1-10,12-13,20,22,26-27,42H,11,14-15H2/t20-,22+,26-,27+,33+,34-/m0/s1. The highest BCUT2D eigenvalue weighted by molar-refractivity contribution is 9.10. The number of aromatic hydroxyl groups is 1. The number of para-hydroxylation sites is 2. The summed E-state index contributed by atoms with van der Waals surface area (Å²) in [4.78, 5) is 58.7. The van der Waals surface area contributed by atoms with Crippen LogP contribution in [0.3, 0.4) is 0 Å². The number of allylic oxidation sites excluding steroid dienone is 2. The van der Waals surface area contributed by atoms with Crippen molar-refractivity contribution in [2.75, 3.05) is 10.4 Å². The number of amides is 4. The van der Waals surface area contributed by atoms with Gasteiger partial charge >= 0.3 is 0 Å². The molecule has 0 spiro atoms. The average Bonchev–Trinajstić information content (AvgIpc) is 3.65. The molecule has 3 heterocycles. The van der Waals surface area contributed by atoms with Gasteiger partial charge in [-0.2, -0.15) is 0 Å². The Balaban J connectivity index is 1.19. The number of carbonyl (C=O) groups excluding carboxylic acids is 4. The van der Waals surface area contributed by atoms with Crippen molar-refractivity contribution >= 4 is 95.5 Å². The molecule has 8 rings (SSSR count). The maximum atomic E-state index is 14.3. The maximum absolute atomic E-state index is 14.3. The van der Waals surface area contributed by atoms with Crippen molar-refractivity contribution in [2.45, 2.75) is 28.5 Å². The molecule has 1 saturated carbocycles. The van der Waals surface area contributed by atoms with E-state index in [4.69, 9.17) is 27.6 Å². The van der Waals surface area contributed by atoms with Crippen molar-refractivity contribution < 1.29 is 28.7 Å². The molecule has 47 heavy (non-hydrogen) atoms. The molecular weight excluding hydrogens is 777 g/mol. The maximum Gasteiger partial charge on any atom is 0.254 e. The molecule has 4 aliphatic rings. The summed E-state index contributed by atoms with van der Waals surface area (Å²) >= 11 is 21.2. The number of nitrogens with zero attached hydrogens (tertiary/aromatic N) is 3. The van der Waals surface area contributed by atoms with Crippen molar-refractivity contribution in [3.05, 3.63) is 88.4 Å². The molecule has 238 valence electrons. The van der Waals surface area contributed by atoms with E-state index in [2.05, 4.69) is 36.8 Å². The Hall–Kier alpha value is -3.51. The quantitative estimate of drug-likeness (QED) is 0.104. The fourth-order valence-electron chi connectivity index (χ4n) is 7.86. The summed E-state index contributed by atoms with van der Waals surface area (Å²) in [6.45, 7) is 0. The van der Waals surface area contributed by atoms with Gasteiger partial charge in [0.1, 0.15) is 11.3 Å². The largest absolute Gasteiger partial charge is 0.508 e. The van der Waals surface area contributed by atoms with Crippen molar-refractivity contribution in [1.29, 1.82) is 0 Å². The summed E-state index contributed by atoms with van der Waals surface area (Å²) in [5.74, 6) is -5.28. The molecule has 4 aromatic rings. The third-order valence-electron chi connectivity index (χ3n) is 9.98. The number of anilines is 1. The summed E-state index contributed by atoms with van der Waals surface area (Å²) in [7, 11) is 0. The molecule has 2 saturated heterocycles. The van der Waals surface area contributed by atoms with Crippen LogP contribution in [0, 0.1) is 17.8 Å². The van der Waals surface area contributed by atoms with E-state index in [1.165, 1.54) is 11.0 Å². The van der Waals surface area contributed by atoms with E-state index in [1.54, 1.807) is 36.4 Å². The minimum absolute atomic E-state index is 0.134. The third-order valence-corrected chi connectivity index (χ3v) is 12.4. The smallest absolute Gasteiger partial charge is 0.254 e. The van der Waals surface area contributed by atoms with E-state index >= 15 is 0 Å². The van der Waals surface area contributed by atoms with E-state index in [0.717, 1.165) is 4.90 Å². The second-order valence-electron chi connectivity index (χ2n) is 12.2. The topological polar surface area (TPSA) is 121 Å². The van der Waals surface area contributed by atoms with Gasteiger partial charge in [0.25, 0.3) is 11.8 Å². The Morgan fingerprint density at radius 3 is 2.43 bits per heavy atom. The van der Waals surface area contributed by atoms with Crippen LogP contribution < -0.4 is 4.90 Å². The van der Waals surface area contributed by atoms with Crippen LogP contribution in [0.1, 0.15) is 24.3 Å². The first-order chi connectivity index (χ1) is 22.5. The van der Waals surface area contributed by atoms with Gasteiger partial charge < -0.3 is 9.52 Å². The number of phenolic OH excluding ortho intramolecular Hbond substituents is 1. The number of hydrogen-bond acceptors (Lipinski definition) is 7. The fourth-order valence-corrected chi connectivity index (χ4v) is 9.65. The number of aromatic nitrogens is 1. The van der Waals surface area contributed by atoms with Crippen molar-refractivity contribution in [1.82, 2.24) is 9.88 Å². The molecule has 0 unspecified atom stereocenters. The zero-order valence-electron chi connectivity index (χ0n) is 24.2. The number of benzene rings is 3. The molecule has 0 bridgehead atoms. The SMILES string of the molecule is O=C1[C@H]2[C@H](CC=C3[C@H]2C[C@@]2(Cl)C(=O)N(CBr)C(=O)[C@@]2(Cl)[C@H]3c2cc(Br)ccc2O)C(=O)N1c1ccc(-c2nc3ccccc3o2)cc1. The Bertz CT molecular complexity index is 2050. The van der Waals surface area contributed by atoms with Gasteiger partial charge in [0.2, 0.25) is 17.7 Å². The number of rotatable bonds is 4. The lowest BCUT2D eigenvalue weighted by Gasteiger charge is -2.50. The number of carbonyl (C=O) groups is 4. The van der Waals surface area contributed by atoms with E-state index in [9.17, 15) is 24.3 Å². The number of phenols is 1. The Labute approximate surface area is 294 Å². The molecule has 13 heteroatoms. The van der Waals surface area contributed by atoms with Gasteiger partial charge in [0.15, 0.2) is 15.3 Å². The summed E-state index contributed by atoms with van der Waals surface area (Å²) in [5, 5.41) is 11.1. The Kier molecular flexibility index (Phi) is 7.04. The summed E-state index contributed by atoms with van der Waals surface area (Å²) < 4.78 is 6.48. The van der Waals surface area contributed by atoms with Gasteiger partial charge in [-0.1, -0.05) is 55.6 Å². The van der Waals surface area contributed by atoms with Crippen LogP contribution in [-0.2, 0) is 19.2 Å². The molecule has 1 N–H and O–H groups in total. The van der Waals surface area contributed by atoms with E-state index < -0.39 is 51.1 Å². The molecule has 0 radical (unpaired) electrons.